The molecule has 1 aliphatic rings. The first-order valence-electron chi connectivity index (χ1n) is 10.2. The number of aryl methyl sites for hydroxylation is 2. The Hall–Kier alpha value is -2.17. The fourth-order valence-corrected chi connectivity index (χ4v) is 3.94. The summed E-state index contributed by atoms with van der Waals surface area (Å²) in [5.74, 6) is 0.220. The van der Waals surface area contributed by atoms with Crippen molar-refractivity contribution in [1.29, 1.82) is 0 Å². The minimum Gasteiger partial charge on any atom is -0.378 e. The lowest BCUT2D eigenvalue weighted by molar-refractivity contribution is -0.148. The summed E-state index contributed by atoms with van der Waals surface area (Å²) in [5, 5.41) is 0. The first kappa shape index (κ1) is 20.6. The van der Waals surface area contributed by atoms with Gasteiger partial charge in [-0.3, -0.25) is 9.69 Å². The van der Waals surface area contributed by atoms with Gasteiger partial charge < -0.3 is 9.64 Å². The van der Waals surface area contributed by atoms with Gasteiger partial charge in [0.1, 0.15) is 5.54 Å². The number of carbonyl (C=O) groups is 1. The fourth-order valence-electron chi connectivity index (χ4n) is 3.94. The summed E-state index contributed by atoms with van der Waals surface area (Å²) in [6.07, 6.45) is 2.37. The van der Waals surface area contributed by atoms with Crippen molar-refractivity contribution < 1.29 is 9.53 Å². The molecule has 28 heavy (non-hydrogen) atoms. The summed E-state index contributed by atoms with van der Waals surface area (Å²) in [4.78, 5) is 17.9. The summed E-state index contributed by atoms with van der Waals surface area (Å²) < 4.78 is 5.48. The molecule has 1 heterocycles. The third-order valence-electron chi connectivity index (χ3n) is 5.84. The molecule has 2 aromatic rings. The van der Waals surface area contributed by atoms with Gasteiger partial charge in [0, 0.05) is 13.1 Å². The maximum atomic E-state index is 13.8. The number of nitrogens with zero attached hydrogens (tertiary/aromatic N) is 2. The first-order chi connectivity index (χ1) is 13.5. The molecule has 1 aliphatic heterocycles. The van der Waals surface area contributed by atoms with Gasteiger partial charge in [0.15, 0.2) is 0 Å². The molecule has 0 saturated carbocycles. The number of morpholine rings is 1. The van der Waals surface area contributed by atoms with E-state index in [4.69, 9.17) is 4.74 Å². The SMILES string of the molecule is Cc1ccc(CC(CCc2ccccc2)(C(=O)N2CCOCC2)N(C)C)cc1. The molecule has 0 aliphatic carbocycles. The van der Waals surface area contributed by atoms with E-state index < -0.39 is 5.54 Å². The smallest absolute Gasteiger partial charge is 0.243 e. The lowest BCUT2D eigenvalue weighted by Crippen LogP contribution is -2.60. The van der Waals surface area contributed by atoms with Gasteiger partial charge in [-0.15, -0.1) is 0 Å². The van der Waals surface area contributed by atoms with Crippen molar-refractivity contribution in [2.75, 3.05) is 40.4 Å². The standard InChI is InChI=1S/C24H32N2O2/c1-20-9-11-22(12-10-20)19-24(25(2)3,14-13-21-7-5-4-6-8-21)23(27)26-15-17-28-18-16-26/h4-12H,13-19H2,1-3H3. The van der Waals surface area contributed by atoms with Crippen LogP contribution in [0.15, 0.2) is 54.6 Å². The molecule has 0 aromatic heterocycles. The van der Waals surface area contributed by atoms with Gasteiger partial charge in [-0.05, 0) is 51.4 Å². The molecule has 0 N–H and O–H groups in total. The molecular weight excluding hydrogens is 348 g/mol. The Balaban J connectivity index is 1.90. The molecule has 150 valence electrons. The van der Waals surface area contributed by atoms with E-state index in [0.29, 0.717) is 32.7 Å². The van der Waals surface area contributed by atoms with Crippen LogP contribution in [0.1, 0.15) is 23.1 Å². The molecule has 1 fully saturated rings. The van der Waals surface area contributed by atoms with E-state index in [9.17, 15) is 4.79 Å². The molecule has 1 unspecified atom stereocenters. The van der Waals surface area contributed by atoms with Crippen LogP contribution in [0.2, 0.25) is 0 Å². The Morgan fingerprint density at radius 3 is 2.25 bits per heavy atom. The Bertz CT molecular complexity index is 752. The average molecular weight is 381 g/mol. The van der Waals surface area contributed by atoms with Crippen LogP contribution in [0, 0.1) is 6.92 Å². The molecule has 0 spiro atoms. The summed E-state index contributed by atoms with van der Waals surface area (Å²) in [5.41, 5.74) is 3.15. The number of rotatable bonds is 7. The molecule has 1 saturated heterocycles. The van der Waals surface area contributed by atoms with E-state index in [1.807, 2.05) is 25.1 Å². The number of hydrogen-bond acceptors (Lipinski definition) is 3. The van der Waals surface area contributed by atoms with E-state index in [0.717, 1.165) is 12.8 Å². The second-order valence-corrected chi connectivity index (χ2v) is 7.98. The summed E-state index contributed by atoms with van der Waals surface area (Å²) in [6.45, 7) is 4.69. The minimum atomic E-state index is -0.567. The summed E-state index contributed by atoms with van der Waals surface area (Å²) in [6, 6.07) is 19.0. The zero-order valence-corrected chi connectivity index (χ0v) is 17.4. The number of likely N-dealkylation sites (N-methyl/N-ethyl adjacent to an activating group) is 1. The fraction of sp³-hybridized carbons (Fsp3) is 0.458. The van der Waals surface area contributed by atoms with Gasteiger partial charge in [0.2, 0.25) is 5.91 Å². The average Bonchev–Trinajstić information content (AvgIpc) is 2.73. The van der Waals surface area contributed by atoms with Crippen LogP contribution in [0.25, 0.3) is 0 Å². The quantitative estimate of drug-likeness (QED) is 0.739. The third kappa shape index (κ3) is 4.81. The van der Waals surface area contributed by atoms with Crippen molar-refractivity contribution in [3.63, 3.8) is 0 Å². The minimum absolute atomic E-state index is 0.220. The number of benzene rings is 2. The van der Waals surface area contributed by atoms with E-state index in [1.54, 1.807) is 0 Å². The van der Waals surface area contributed by atoms with Crippen LogP contribution >= 0.6 is 0 Å². The summed E-state index contributed by atoms with van der Waals surface area (Å²) >= 11 is 0. The van der Waals surface area contributed by atoms with Crippen molar-refractivity contribution in [3.8, 4) is 0 Å². The third-order valence-corrected chi connectivity index (χ3v) is 5.84. The molecule has 0 radical (unpaired) electrons. The molecule has 4 heteroatoms. The highest BCUT2D eigenvalue weighted by atomic mass is 16.5. The van der Waals surface area contributed by atoms with Gasteiger partial charge in [-0.1, -0.05) is 60.2 Å². The van der Waals surface area contributed by atoms with Crippen LogP contribution in [0.4, 0.5) is 0 Å². The molecule has 0 bridgehead atoms. The van der Waals surface area contributed by atoms with Gasteiger partial charge >= 0.3 is 0 Å². The van der Waals surface area contributed by atoms with Crippen LogP contribution in [0.5, 0.6) is 0 Å². The lowest BCUT2D eigenvalue weighted by atomic mass is 9.82. The number of ether oxygens (including phenoxy) is 1. The van der Waals surface area contributed by atoms with Crippen LogP contribution in [-0.2, 0) is 22.4 Å². The normalized spacial score (nSPS) is 16.8. The van der Waals surface area contributed by atoms with Crippen molar-refractivity contribution >= 4 is 5.91 Å². The molecule has 1 amide bonds. The number of hydrogen-bond donors (Lipinski definition) is 0. The van der Waals surface area contributed by atoms with Crippen molar-refractivity contribution in [2.45, 2.75) is 31.7 Å². The molecule has 1 atom stereocenters. The van der Waals surface area contributed by atoms with E-state index in [1.165, 1.54) is 16.7 Å². The topological polar surface area (TPSA) is 32.8 Å². The maximum absolute atomic E-state index is 13.8. The van der Waals surface area contributed by atoms with Gasteiger partial charge in [0.05, 0.1) is 13.2 Å². The Labute approximate surface area is 169 Å². The zero-order valence-electron chi connectivity index (χ0n) is 17.4. The van der Waals surface area contributed by atoms with E-state index in [2.05, 4.69) is 60.4 Å². The Morgan fingerprint density at radius 2 is 1.64 bits per heavy atom. The maximum Gasteiger partial charge on any atom is 0.243 e. The number of amides is 1. The predicted octanol–water partition coefficient (Wildman–Crippen LogP) is 3.33. The summed E-state index contributed by atoms with van der Waals surface area (Å²) in [7, 11) is 4.08. The largest absolute Gasteiger partial charge is 0.378 e. The molecule has 3 rings (SSSR count). The number of carbonyl (C=O) groups excluding carboxylic acids is 1. The Morgan fingerprint density at radius 1 is 1.00 bits per heavy atom. The second kappa shape index (κ2) is 9.35. The first-order valence-corrected chi connectivity index (χ1v) is 10.2. The molecule has 2 aromatic carbocycles. The van der Waals surface area contributed by atoms with Crippen molar-refractivity contribution in [2.24, 2.45) is 0 Å². The highest BCUT2D eigenvalue weighted by Crippen LogP contribution is 2.28. The van der Waals surface area contributed by atoms with E-state index in [-0.39, 0.29) is 5.91 Å². The highest BCUT2D eigenvalue weighted by molar-refractivity contribution is 5.87. The van der Waals surface area contributed by atoms with Crippen LogP contribution < -0.4 is 0 Å². The van der Waals surface area contributed by atoms with E-state index >= 15 is 0 Å². The second-order valence-electron chi connectivity index (χ2n) is 7.98. The van der Waals surface area contributed by atoms with Crippen LogP contribution in [-0.4, -0.2) is 61.6 Å². The monoisotopic (exact) mass is 380 g/mol. The predicted molar refractivity (Wildman–Crippen MR) is 113 cm³/mol. The lowest BCUT2D eigenvalue weighted by Gasteiger charge is -2.43. The van der Waals surface area contributed by atoms with Gasteiger partial charge in [-0.2, -0.15) is 0 Å². The Kier molecular flexibility index (Phi) is 6.87. The van der Waals surface area contributed by atoms with Gasteiger partial charge in [0.25, 0.3) is 0 Å². The zero-order chi connectivity index (χ0) is 20.0. The molecule has 4 nitrogen and oxygen atoms in total. The van der Waals surface area contributed by atoms with Crippen molar-refractivity contribution in [3.05, 3.63) is 71.3 Å². The van der Waals surface area contributed by atoms with Crippen LogP contribution in [0.3, 0.4) is 0 Å². The highest BCUT2D eigenvalue weighted by Gasteiger charge is 2.43. The van der Waals surface area contributed by atoms with Gasteiger partial charge in [-0.25, -0.2) is 0 Å². The molecular formula is C24H32N2O2. The van der Waals surface area contributed by atoms with Crippen molar-refractivity contribution in [1.82, 2.24) is 9.80 Å².